The molecular formula is C28H39N7O8. The number of carbonyl (C=O) groups is 6. The third-order valence-electron chi connectivity index (χ3n) is 8.53. The Morgan fingerprint density at radius 2 is 1.72 bits per heavy atom. The van der Waals surface area contributed by atoms with Crippen LogP contribution in [-0.2, 0) is 33.4 Å². The van der Waals surface area contributed by atoms with E-state index < -0.39 is 47.8 Å². The van der Waals surface area contributed by atoms with Crippen LogP contribution in [0.1, 0.15) is 40.5 Å². The molecule has 1 spiro atoms. The molecule has 43 heavy (non-hydrogen) atoms. The van der Waals surface area contributed by atoms with Gasteiger partial charge in [-0.25, -0.2) is 4.79 Å². The van der Waals surface area contributed by atoms with Gasteiger partial charge in [-0.3, -0.25) is 24.0 Å². The van der Waals surface area contributed by atoms with Crippen LogP contribution in [0.15, 0.2) is 27.9 Å². The van der Waals surface area contributed by atoms with Crippen LogP contribution < -0.4 is 10.6 Å². The number of Topliss-reactive ketones (excluding diaryl/α,β-unsaturated/α-hetero) is 1. The molecule has 234 valence electrons. The van der Waals surface area contributed by atoms with Crippen LogP contribution in [0.5, 0.6) is 0 Å². The third-order valence-corrected chi connectivity index (χ3v) is 8.53. The fourth-order valence-electron chi connectivity index (χ4n) is 5.55. The minimum absolute atomic E-state index is 0.00169. The second-order valence-corrected chi connectivity index (χ2v) is 11.6. The number of ketones is 1. The predicted octanol–water partition coefficient (Wildman–Crippen LogP) is 1.25. The van der Waals surface area contributed by atoms with Gasteiger partial charge in [0.2, 0.25) is 17.7 Å². The zero-order valence-corrected chi connectivity index (χ0v) is 25.4. The van der Waals surface area contributed by atoms with Crippen molar-refractivity contribution in [3.63, 3.8) is 0 Å². The molecule has 0 aromatic rings. The molecule has 0 radical (unpaired) electrons. The van der Waals surface area contributed by atoms with Gasteiger partial charge in [0, 0.05) is 61.5 Å². The van der Waals surface area contributed by atoms with E-state index in [2.05, 4.69) is 20.7 Å². The lowest BCUT2D eigenvalue weighted by Gasteiger charge is -2.36. The van der Waals surface area contributed by atoms with Crippen LogP contribution >= 0.6 is 0 Å². The number of esters is 1. The van der Waals surface area contributed by atoms with Crippen molar-refractivity contribution in [2.45, 2.75) is 46.6 Å². The minimum Gasteiger partial charge on any atom is -0.465 e. The molecule has 2 N–H and O–H groups in total. The Hall–Kier alpha value is -4.39. The van der Waals surface area contributed by atoms with E-state index >= 15 is 0 Å². The Bertz CT molecular complexity index is 1310. The van der Waals surface area contributed by atoms with Gasteiger partial charge in [0.15, 0.2) is 5.78 Å². The topological polar surface area (TPSA) is 200 Å². The molecule has 0 aromatic heterocycles. The molecule has 1 unspecified atom stereocenters. The summed E-state index contributed by atoms with van der Waals surface area (Å²) in [5.41, 5.74) is 9.26. The lowest BCUT2D eigenvalue weighted by molar-refractivity contribution is -0.144. The molecule has 0 heterocycles. The number of likely N-dealkylation sites (N-methyl/N-ethyl adjacent to an activating group) is 2. The summed E-state index contributed by atoms with van der Waals surface area (Å²) >= 11 is 0. The van der Waals surface area contributed by atoms with E-state index in [0.717, 1.165) is 18.4 Å². The van der Waals surface area contributed by atoms with Crippen molar-refractivity contribution in [1.82, 2.24) is 20.4 Å². The number of ether oxygens (including phenoxy) is 2. The van der Waals surface area contributed by atoms with Crippen molar-refractivity contribution < 1.29 is 38.2 Å². The molecule has 0 aliphatic heterocycles. The quantitative estimate of drug-likeness (QED) is 0.144. The largest absolute Gasteiger partial charge is 0.465 e. The van der Waals surface area contributed by atoms with Gasteiger partial charge in [-0.05, 0) is 32.2 Å². The molecule has 3 rings (SSSR count). The summed E-state index contributed by atoms with van der Waals surface area (Å²) in [4.78, 5) is 79.1. The van der Waals surface area contributed by atoms with Gasteiger partial charge in [0.1, 0.15) is 19.3 Å². The van der Waals surface area contributed by atoms with Crippen LogP contribution in [-0.4, -0.2) is 105 Å². The Morgan fingerprint density at radius 3 is 2.33 bits per heavy atom. The van der Waals surface area contributed by atoms with Crippen LogP contribution in [0.2, 0.25) is 0 Å². The first-order valence-electron chi connectivity index (χ1n) is 14.0. The van der Waals surface area contributed by atoms with E-state index in [1.165, 1.54) is 30.8 Å². The van der Waals surface area contributed by atoms with Crippen LogP contribution in [0.3, 0.4) is 0 Å². The van der Waals surface area contributed by atoms with E-state index in [1.807, 2.05) is 13.8 Å². The number of carbonyl (C=O) groups excluding carboxylic acids is 6. The van der Waals surface area contributed by atoms with Gasteiger partial charge >= 0.3 is 12.1 Å². The zero-order valence-electron chi connectivity index (χ0n) is 25.4. The number of rotatable bonds is 12. The molecule has 15 heteroatoms. The van der Waals surface area contributed by atoms with E-state index in [-0.39, 0.29) is 49.9 Å². The Balaban J connectivity index is 1.59. The fraction of sp³-hybridized carbons (Fsp3) is 0.643. The lowest BCUT2D eigenvalue weighted by Crippen LogP contribution is -2.45. The van der Waals surface area contributed by atoms with Crippen molar-refractivity contribution in [1.29, 1.82) is 0 Å². The maximum absolute atomic E-state index is 13.4. The SMILES string of the molecule is CC(=O)OC[C@]1(C)C=C2C(=O)[C@@H](C)C3(CC3)C(C)=C2C1OC(=O)N(C)CCN(C)C(=O)CNC(=O)CNC(=O)CN=[N+]=[N-]. The molecule has 4 amide bonds. The van der Waals surface area contributed by atoms with Gasteiger partial charge in [0.05, 0.1) is 18.5 Å². The van der Waals surface area contributed by atoms with E-state index in [9.17, 15) is 28.8 Å². The van der Waals surface area contributed by atoms with Crippen molar-refractivity contribution in [2.24, 2.45) is 21.9 Å². The Kier molecular flexibility index (Phi) is 10.2. The smallest absolute Gasteiger partial charge is 0.410 e. The molecule has 3 atom stereocenters. The Morgan fingerprint density at radius 1 is 1.09 bits per heavy atom. The molecule has 3 aliphatic carbocycles. The standard InChI is InChI=1S/C28H39N7O8/c1-16-23-19(24(40)17(2)28(16)7-8-28)11-27(4,15-42-18(3)36)25(23)43-26(41)35(6)10-9-34(5)22(39)14-31-20(37)12-30-21(38)13-32-33-29/h11,17,25H,7-10,12-15H2,1-6H3,(H,30,38)(H,31,37)/t17-,25?,27+/m1/s1. The Labute approximate surface area is 249 Å². The average Bonchev–Trinajstić information content (AvgIpc) is 3.73. The molecule has 1 saturated carbocycles. The second kappa shape index (κ2) is 13.3. The number of fused-ring (bicyclic) bond motifs is 1. The number of allylic oxidation sites excluding steroid dienone is 1. The average molecular weight is 602 g/mol. The molecule has 15 nitrogen and oxygen atoms in total. The van der Waals surface area contributed by atoms with Gasteiger partial charge < -0.3 is 29.9 Å². The molecule has 0 bridgehead atoms. The maximum atomic E-state index is 13.4. The summed E-state index contributed by atoms with van der Waals surface area (Å²) in [5.74, 6) is -2.34. The summed E-state index contributed by atoms with van der Waals surface area (Å²) in [6.07, 6.45) is 2.03. The van der Waals surface area contributed by atoms with Gasteiger partial charge in [-0.1, -0.05) is 23.7 Å². The van der Waals surface area contributed by atoms with Crippen LogP contribution in [0.4, 0.5) is 4.79 Å². The van der Waals surface area contributed by atoms with Crippen molar-refractivity contribution >= 4 is 35.6 Å². The van der Waals surface area contributed by atoms with Gasteiger partial charge in [-0.15, -0.1) is 0 Å². The number of amides is 4. The monoisotopic (exact) mass is 601 g/mol. The van der Waals surface area contributed by atoms with E-state index in [0.29, 0.717) is 11.1 Å². The van der Waals surface area contributed by atoms with E-state index in [4.69, 9.17) is 15.0 Å². The minimum atomic E-state index is -0.947. The summed E-state index contributed by atoms with van der Waals surface area (Å²) in [6, 6.07) is 0. The fourth-order valence-corrected chi connectivity index (χ4v) is 5.55. The number of hydrogen-bond acceptors (Lipinski definition) is 9. The van der Waals surface area contributed by atoms with Crippen LogP contribution in [0.25, 0.3) is 10.4 Å². The molecule has 3 aliphatic rings. The van der Waals surface area contributed by atoms with Crippen LogP contribution in [0, 0.1) is 16.7 Å². The molecule has 0 aromatic carbocycles. The number of hydrogen-bond donors (Lipinski definition) is 2. The first-order valence-corrected chi connectivity index (χ1v) is 14.0. The summed E-state index contributed by atoms with van der Waals surface area (Å²) in [7, 11) is 3.03. The number of nitrogens with one attached hydrogen (secondary N) is 2. The van der Waals surface area contributed by atoms with Crippen molar-refractivity contribution in [3.05, 3.63) is 33.2 Å². The first-order chi connectivity index (χ1) is 20.2. The van der Waals surface area contributed by atoms with Gasteiger partial charge in [-0.2, -0.15) is 0 Å². The summed E-state index contributed by atoms with van der Waals surface area (Å²) in [5, 5.41) is 7.72. The highest BCUT2D eigenvalue weighted by atomic mass is 16.6. The molecular weight excluding hydrogens is 562 g/mol. The highest BCUT2D eigenvalue weighted by Gasteiger charge is 2.60. The first kappa shape index (κ1) is 33.1. The van der Waals surface area contributed by atoms with Crippen molar-refractivity contribution in [3.8, 4) is 0 Å². The number of nitrogens with zero attached hydrogens (tertiary/aromatic N) is 5. The zero-order chi connectivity index (χ0) is 32.1. The summed E-state index contributed by atoms with van der Waals surface area (Å²) < 4.78 is 11.3. The highest BCUT2D eigenvalue weighted by molar-refractivity contribution is 6.05. The third kappa shape index (κ3) is 7.34. The normalized spacial score (nSPS) is 22.9. The highest BCUT2D eigenvalue weighted by Crippen LogP contribution is 2.64. The summed E-state index contributed by atoms with van der Waals surface area (Å²) in [6.45, 7) is 6.01. The molecule has 1 fully saturated rings. The van der Waals surface area contributed by atoms with E-state index in [1.54, 1.807) is 13.0 Å². The van der Waals surface area contributed by atoms with Gasteiger partial charge in [0.25, 0.3) is 0 Å². The predicted molar refractivity (Wildman–Crippen MR) is 152 cm³/mol. The van der Waals surface area contributed by atoms with Crippen molar-refractivity contribution in [2.75, 3.05) is 53.4 Å². The lowest BCUT2D eigenvalue weighted by atomic mass is 9.70. The molecule has 0 saturated heterocycles. The number of azide groups is 1. The second-order valence-electron chi connectivity index (χ2n) is 11.6. The maximum Gasteiger partial charge on any atom is 0.410 e.